The van der Waals surface area contributed by atoms with Gasteiger partial charge in [0.05, 0.1) is 17.5 Å². The maximum Gasteiger partial charge on any atom is 0.121 e. The Morgan fingerprint density at radius 2 is 1.74 bits per heavy atom. The molecule has 0 radical (unpaired) electrons. The first-order chi connectivity index (χ1) is 9.11. The lowest BCUT2D eigenvalue weighted by Crippen LogP contribution is -2.06. The van der Waals surface area contributed by atoms with Gasteiger partial charge in [0.2, 0.25) is 0 Å². The van der Waals surface area contributed by atoms with Crippen LogP contribution in [0.3, 0.4) is 0 Å². The largest absolute Gasteiger partial charge is 0.491 e. The van der Waals surface area contributed by atoms with E-state index in [4.69, 9.17) is 16.3 Å². The van der Waals surface area contributed by atoms with Crippen LogP contribution in [-0.2, 0) is 0 Å². The van der Waals surface area contributed by atoms with Crippen molar-refractivity contribution in [2.24, 2.45) is 0 Å². The Hall–Kier alpha value is -1.32. The Morgan fingerprint density at radius 1 is 1.05 bits per heavy atom. The van der Waals surface area contributed by atoms with E-state index in [1.807, 2.05) is 44.2 Å². The van der Waals surface area contributed by atoms with Crippen LogP contribution >= 0.6 is 23.4 Å². The monoisotopic (exact) mass is 291 g/mol. The van der Waals surface area contributed by atoms with Crippen LogP contribution < -0.4 is 10.1 Å². The summed E-state index contributed by atoms with van der Waals surface area (Å²) < 4.78 is 5.72. The molecular formula is C15H14ClNOS. The normalized spacial score (nSPS) is 12.6. The summed E-state index contributed by atoms with van der Waals surface area (Å²) in [4.78, 5) is 2.39. The Bertz CT molecular complexity index is 628. The summed E-state index contributed by atoms with van der Waals surface area (Å²) in [5.41, 5.74) is 2.12. The minimum absolute atomic E-state index is 0.177. The second-order valence-corrected chi connectivity index (χ2v) is 6.21. The first-order valence-corrected chi connectivity index (χ1v) is 7.36. The summed E-state index contributed by atoms with van der Waals surface area (Å²) >= 11 is 7.77. The molecular weight excluding hydrogens is 278 g/mol. The molecule has 1 aliphatic heterocycles. The van der Waals surface area contributed by atoms with Crippen molar-refractivity contribution in [3.8, 4) is 5.75 Å². The number of hydrogen-bond acceptors (Lipinski definition) is 3. The van der Waals surface area contributed by atoms with Crippen LogP contribution in [0.5, 0.6) is 5.75 Å². The fraction of sp³-hybridized carbons (Fsp3) is 0.200. The molecule has 0 saturated carbocycles. The Morgan fingerprint density at radius 3 is 2.47 bits per heavy atom. The van der Waals surface area contributed by atoms with Gasteiger partial charge in [-0.25, -0.2) is 0 Å². The molecule has 0 amide bonds. The van der Waals surface area contributed by atoms with Crippen molar-refractivity contribution < 1.29 is 4.74 Å². The van der Waals surface area contributed by atoms with Crippen molar-refractivity contribution in [3.05, 3.63) is 41.4 Å². The summed E-state index contributed by atoms with van der Waals surface area (Å²) in [5.74, 6) is 0.882. The van der Waals surface area contributed by atoms with Gasteiger partial charge in [0.15, 0.2) is 0 Å². The van der Waals surface area contributed by atoms with Crippen LogP contribution in [0.15, 0.2) is 46.2 Å². The van der Waals surface area contributed by atoms with Gasteiger partial charge in [-0.2, -0.15) is 0 Å². The molecule has 0 atom stereocenters. The summed E-state index contributed by atoms with van der Waals surface area (Å²) in [7, 11) is 0. The van der Waals surface area contributed by atoms with Crippen LogP contribution in [-0.4, -0.2) is 6.10 Å². The molecule has 2 nitrogen and oxygen atoms in total. The molecule has 0 saturated heterocycles. The highest BCUT2D eigenvalue weighted by atomic mass is 35.5. The summed E-state index contributed by atoms with van der Waals surface area (Å²) in [6.07, 6.45) is 0.177. The van der Waals surface area contributed by atoms with Gasteiger partial charge in [0.25, 0.3) is 0 Å². The molecule has 0 aromatic heterocycles. The lowest BCUT2D eigenvalue weighted by atomic mass is 10.2. The van der Waals surface area contributed by atoms with E-state index < -0.39 is 0 Å². The predicted molar refractivity (Wildman–Crippen MR) is 81.1 cm³/mol. The van der Waals surface area contributed by atoms with Crippen molar-refractivity contribution in [3.63, 3.8) is 0 Å². The molecule has 98 valence electrons. The lowest BCUT2D eigenvalue weighted by molar-refractivity contribution is 0.242. The van der Waals surface area contributed by atoms with Crippen LogP contribution in [0.25, 0.3) is 0 Å². The van der Waals surface area contributed by atoms with Crippen LogP contribution in [0.1, 0.15) is 13.8 Å². The SMILES string of the molecule is CC(C)Oc1ccc2c(c1)Nc1cc(Cl)ccc1S2. The zero-order chi connectivity index (χ0) is 13.4. The molecule has 2 aromatic rings. The highest BCUT2D eigenvalue weighted by Gasteiger charge is 2.16. The maximum atomic E-state index is 6.03. The quantitative estimate of drug-likeness (QED) is 0.689. The second-order valence-electron chi connectivity index (χ2n) is 4.69. The number of halogens is 1. The molecule has 4 heteroatoms. The minimum atomic E-state index is 0.177. The van der Waals surface area contributed by atoms with E-state index in [2.05, 4.69) is 11.4 Å². The number of benzene rings is 2. The van der Waals surface area contributed by atoms with Gasteiger partial charge >= 0.3 is 0 Å². The van der Waals surface area contributed by atoms with Crippen molar-refractivity contribution in [1.82, 2.24) is 0 Å². The first-order valence-electron chi connectivity index (χ1n) is 6.17. The average Bonchev–Trinajstić information content (AvgIpc) is 2.35. The standard InChI is InChI=1S/C15H14ClNOS/c1-9(2)18-11-4-6-15-13(8-11)17-12-7-10(16)3-5-14(12)19-15/h3-9,17H,1-2H3. The van der Waals surface area contributed by atoms with E-state index in [0.717, 1.165) is 22.1 Å². The molecule has 2 aromatic carbocycles. The summed E-state index contributed by atoms with van der Waals surface area (Å²) in [5, 5.41) is 4.15. The number of hydrogen-bond donors (Lipinski definition) is 1. The molecule has 1 N–H and O–H groups in total. The molecule has 0 aliphatic carbocycles. The second kappa shape index (κ2) is 4.99. The molecule has 0 unspecified atom stereocenters. The van der Waals surface area contributed by atoms with Gasteiger partial charge in [-0.1, -0.05) is 23.4 Å². The smallest absolute Gasteiger partial charge is 0.121 e. The van der Waals surface area contributed by atoms with Crippen molar-refractivity contribution >= 4 is 34.7 Å². The van der Waals surface area contributed by atoms with Crippen LogP contribution in [0, 0.1) is 0 Å². The van der Waals surface area contributed by atoms with Gasteiger partial charge < -0.3 is 10.1 Å². The number of nitrogens with one attached hydrogen (secondary N) is 1. The van der Waals surface area contributed by atoms with E-state index in [0.29, 0.717) is 0 Å². The fourth-order valence-corrected chi connectivity index (χ4v) is 3.11. The Kier molecular flexibility index (Phi) is 3.33. The highest BCUT2D eigenvalue weighted by Crippen LogP contribution is 2.45. The number of fused-ring (bicyclic) bond motifs is 2. The molecule has 0 fully saturated rings. The topological polar surface area (TPSA) is 21.3 Å². The third-order valence-corrected chi connectivity index (χ3v) is 4.14. The maximum absolute atomic E-state index is 6.03. The summed E-state index contributed by atoms with van der Waals surface area (Å²) in [6, 6.07) is 12.0. The van der Waals surface area contributed by atoms with Gasteiger partial charge in [-0.15, -0.1) is 0 Å². The van der Waals surface area contributed by atoms with Gasteiger partial charge in [0.1, 0.15) is 5.75 Å². The van der Waals surface area contributed by atoms with Gasteiger partial charge in [0, 0.05) is 20.9 Å². The zero-order valence-corrected chi connectivity index (χ0v) is 12.3. The third kappa shape index (κ3) is 2.67. The van der Waals surface area contributed by atoms with E-state index in [9.17, 15) is 0 Å². The van der Waals surface area contributed by atoms with Crippen LogP contribution in [0.4, 0.5) is 11.4 Å². The van der Waals surface area contributed by atoms with E-state index >= 15 is 0 Å². The van der Waals surface area contributed by atoms with Crippen molar-refractivity contribution in [2.45, 2.75) is 29.7 Å². The fourth-order valence-electron chi connectivity index (χ4n) is 1.99. The molecule has 3 rings (SSSR count). The predicted octanol–water partition coefficient (Wildman–Crippen LogP) is 5.34. The van der Waals surface area contributed by atoms with Gasteiger partial charge in [-0.05, 0) is 44.2 Å². The van der Waals surface area contributed by atoms with Crippen molar-refractivity contribution in [1.29, 1.82) is 0 Å². The van der Waals surface area contributed by atoms with Gasteiger partial charge in [-0.3, -0.25) is 0 Å². The van der Waals surface area contributed by atoms with Crippen LogP contribution in [0.2, 0.25) is 5.02 Å². The Balaban J connectivity index is 1.94. The zero-order valence-electron chi connectivity index (χ0n) is 10.7. The third-order valence-electron chi connectivity index (χ3n) is 2.75. The molecule has 19 heavy (non-hydrogen) atoms. The molecule has 0 spiro atoms. The number of rotatable bonds is 2. The Labute approximate surface area is 122 Å². The summed E-state index contributed by atoms with van der Waals surface area (Å²) in [6.45, 7) is 4.05. The van der Waals surface area contributed by atoms with E-state index in [1.165, 1.54) is 9.79 Å². The van der Waals surface area contributed by atoms with E-state index in [-0.39, 0.29) is 6.10 Å². The molecule has 0 bridgehead atoms. The lowest BCUT2D eigenvalue weighted by Gasteiger charge is -2.22. The number of anilines is 2. The van der Waals surface area contributed by atoms with Crippen molar-refractivity contribution in [2.75, 3.05) is 5.32 Å². The molecule has 1 aliphatic rings. The minimum Gasteiger partial charge on any atom is -0.491 e. The first kappa shape index (κ1) is 12.7. The average molecular weight is 292 g/mol. The molecule has 1 heterocycles. The highest BCUT2D eigenvalue weighted by molar-refractivity contribution is 7.99. The number of ether oxygens (including phenoxy) is 1. The van der Waals surface area contributed by atoms with E-state index in [1.54, 1.807) is 11.8 Å².